The summed E-state index contributed by atoms with van der Waals surface area (Å²) in [6, 6.07) is 11.1. The van der Waals surface area contributed by atoms with Gasteiger partial charge in [0.05, 0.1) is 0 Å². The first-order valence-corrected chi connectivity index (χ1v) is 6.21. The van der Waals surface area contributed by atoms with Crippen LogP contribution in [-0.2, 0) is 0 Å². The van der Waals surface area contributed by atoms with E-state index < -0.39 is 6.61 Å². The number of halogens is 3. The van der Waals surface area contributed by atoms with Gasteiger partial charge in [-0.3, -0.25) is 4.79 Å². The second kappa shape index (κ2) is 6.01. The summed E-state index contributed by atoms with van der Waals surface area (Å²) in [6.07, 6.45) is 0. The topological polar surface area (TPSA) is 26.3 Å². The molecule has 0 aliphatic carbocycles. The fourth-order valence-corrected chi connectivity index (χ4v) is 2.05. The van der Waals surface area contributed by atoms with E-state index in [1.54, 1.807) is 30.3 Å². The number of rotatable bonds is 4. The molecule has 0 bridgehead atoms. The number of carbonyl (C=O) groups excluding carboxylic acids is 1. The first-order valence-electron chi connectivity index (χ1n) is 5.83. The van der Waals surface area contributed by atoms with Crippen LogP contribution < -0.4 is 4.74 Å². The molecule has 20 heavy (non-hydrogen) atoms. The zero-order valence-electron chi connectivity index (χ0n) is 10.6. The minimum absolute atomic E-state index is 0.0714. The van der Waals surface area contributed by atoms with E-state index in [9.17, 15) is 13.6 Å². The SMILES string of the molecule is CC(=O)c1cc(Cl)ccc1-c1ccc(OC(F)F)cc1. The Hall–Kier alpha value is -1.94. The van der Waals surface area contributed by atoms with Gasteiger partial charge in [0.15, 0.2) is 5.78 Å². The molecule has 2 rings (SSSR count). The monoisotopic (exact) mass is 296 g/mol. The van der Waals surface area contributed by atoms with E-state index in [4.69, 9.17) is 11.6 Å². The summed E-state index contributed by atoms with van der Waals surface area (Å²) in [5.74, 6) is -0.0440. The van der Waals surface area contributed by atoms with Gasteiger partial charge in [-0.2, -0.15) is 8.78 Å². The Morgan fingerprint density at radius 2 is 1.80 bits per heavy atom. The van der Waals surface area contributed by atoms with Crippen molar-refractivity contribution in [2.24, 2.45) is 0 Å². The molecule has 104 valence electrons. The first kappa shape index (κ1) is 14.5. The van der Waals surface area contributed by atoms with Crippen LogP contribution in [0.25, 0.3) is 11.1 Å². The normalized spacial score (nSPS) is 10.7. The van der Waals surface area contributed by atoms with Crippen molar-refractivity contribution >= 4 is 17.4 Å². The van der Waals surface area contributed by atoms with Gasteiger partial charge in [0, 0.05) is 10.6 Å². The van der Waals surface area contributed by atoms with Crippen LogP contribution in [0.5, 0.6) is 5.75 Å². The van der Waals surface area contributed by atoms with E-state index in [-0.39, 0.29) is 11.5 Å². The van der Waals surface area contributed by atoms with Gasteiger partial charge in [-0.05, 0) is 42.3 Å². The van der Waals surface area contributed by atoms with Crippen LogP contribution in [0.15, 0.2) is 42.5 Å². The molecular weight excluding hydrogens is 286 g/mol. The average Bonchev–Trinajstić information content (AvgIpc) is 2.39. The Morgan fingerprint density at radius 1 is 1.15 bits per heavy atom. The molecule has 2 nitrogen and oxygen atoms in total. The highest BCUT2D eigenvalue weighted by atomic mass is 35.5. The lowest BCUT2D eigenvalue weighted by Crippen LogP contribution is -2.01. The molecule has 0 aromatic heterocycles. The molecule has 2 aromatic carbocycles. The molecule has 2 aromatic rings. The lowest BCUT2D eigenvalue weighted by atomic mass is 9.97. The maximum Gasteiger partial charge on any atom is 0.387 e. The van der Waals surface area contributed by atoms with Gasteiger partial charge in [0.25, 0.3) is 0 Å². The molecule has 0 radical (unpaired) electrons. The molecule has 0 aliphatic heterocycles. The Morgan fingerprint density at radius 3 is 2.35 bits per heavy atom. The Bertz CT molecular complexity index is 624. The number of benzene rings is 2. The maximum absolute atomic E-state index is 12.1. The summed E-state index contributed by atoms with van der Waals surface area (Å²) in [5, 5.41) is 0.469. The Labute approximate surface area is 119 Å². The van der Waals surface area contributed by atoms with E-state index >= 15 is 0 Å². The summed E-state index contributed by atoms with van der Waals surface area (Å²) in [7, 11) is 0. The maximum atomic E-state index is 12.1. The van der Waals surface area contributed by atoms with Gasteiger partial charge in [-0.1, -0.05) is 29.8 Å². The summed E-state index contributed by atoms with van der Waals surface area (Å²) in [5.41, 5.74) is 1.92. The van der Waals surface area contributed by atoms with Crippen LogP contribution in [-0.4, -0.2) is 12.4 Å². The van der Waals surface area contributed by atoms with Crippen LogP contribution in [0.2, 0.25) is 5.02 Å². The smallest absolute Gasteiger partial charge is 0.387 e. The molecule has 0 N–H and O–H groups in total. The lowest BCUT2D eigenvalue weighted by molar-refractivity contribution is -0.0498. The van der Waals surface area contributed by atoms with Crippen LogP contribution in [0, 0.1) is 0 Å². The largest absolute Gasteiger partial charge is 0.435 e. The van der Waals surface area contributed by atoms with Crippen molar-refractivity contribution in [2.45, 2.75) is 13.5 Å². The van der Waals surface area contributed by atoms with E-state index in [0.717, 1.165) is 5.56 Å². The van der Waals surface area contributed by atoms with Gasteiger partial charge in [-0.15, -0.1) is 0 Å². The van der Waals surface area contributed by atoms with Gasteiger partial charge in [0.2, 0.25) is 0 Å². The second-order valence-electron chi connectivity index (χ2n) is 4.15. The third-order valence-corrected chi connectivity index (χ3v) is 2.99. The molecule has 5 heteroatoms. The van der Waals surface area contributed by atoms with Crippen molar-refractivity contribution in [3.05, 3.63) is 53.1 Å². The van der Waals surface area contributed by atoms with E-state index in [1.807, 2.05) is 0 Å². The van der Waals surface area contributed by atoms with Crippen molar-refractivity contribution in [1.82, 2.24) is 0 Å². The number of alkyl halides is 2. The minimum Gasteiger partial charge on any atom is -0.435 e. The van der Waals surface area contributed by atoms with Crippen molar-refractivity contribution in [1.29, 1.82) is 0 Å². The molecule has 0 amide bonds. The third-order valence-electron chi connectivity index (χ3n) is 2.75. The summed E-state index contributed by atoms with van der Waals surface area (Å²) >= 11 is 5.88. The third kappa shape index (κ3) is 3.33. The van der Waals surface area contributed by atoms with Gasteiger partial charge < -0.3 is 4.74 Å². The van der Waals surface area contributed by atoms with E-state index in [0.29, 0.717) is 16.1 Å². The molecule has 0 atom stereocenters. The number of hydrogen-bond acceptors (Lipinski definition) is 2. The molecule has 0 saturated carbocycles. The predicted molar refractivity (Wildman–Crippen MR) is 73.5 cm³/mol. The standard InChI is InChI=1S/C15H11ClF2O2/c1-9(19)14-8-11(16)4-7-13(14)10-2-5-12(6-3-10)20-15(17)18/h2-8,15H,1H3. The van der Waals surface area contributed by atoms with Crippen LogP contribution in [0.1, 0.15) is 17.3 Å². The highest BCUT2D eigenvalue weighted by Crippen LogP contribution is 2.28. The molecule has 0 saturated heterocycles. The zero-order chi connectivity index (χ0) is 14.7. The van der Waals surface area contributed by atoms with Crippen molar-refractivity contribution < 1.29 is 18.3 Å². The van der Waals surface area contributed by atoms with Gasteiger partial charge in [-0.25, -0.2) is 0 Å². The fraction of sp³-hybridized carbons (Fsp3) is 0.133. The summed E-state index contributed by atoms with van der Waals surface area (Å²) in [4.78, 5) is 11.6. The predicted octanol–water partition coefficient (Wildman–Crippen LogP) is 4.81. The molecule has 0 aliphatic rings. The molecule has 0 unspecified atom stereocenters. The molecule has 0 heterocycles. The number of Topliss-reactive ketones (excluding diaryl/α,β-unsaturated/α-hetero) is 1. The van der Waals surface area contributed by atoms with E-state index in [2.05, 4.69) is 4.74 Å². The number of carbonyl (C=O) groups is 1. The van der Waals surface area contributed by atoms with Crippen molar-refractivity contribution in [3.63, 3.8) is 0 Å². The molecular formula is C15H11ClF2O2. The van der Waals surface area contributed by atoms with Crippen LogP contribution in [0.3, 0.4) is 0 Å². The molecule has 0 fully saturated rings. The Kier molecular flexibility index (Phi) is 4.35. The first-order chi connectivity index (χ1) is 9.47. The van der Waals surface area contributed by atoms with Gasteiger partial charge in [0.1, 0.15) is 5.75 Å². The Balaban J connectivity index is 2.39. The quantitative estimate of drug-likeness (QED) is 0.757. The van der Waals surface area contributed by atoms with Crippen LogP contribution in [0.4, 0.5) is 8.78 Å². The summed E-state index contributed by atoms with van der Waals surface area (Å²) in [6.45, 7) is -1.41. The number of hydrogen-bond donors (Lipinski definition) is 0. The highest BCUT2D eigenvalue weighted by Gasteiger charge is 2.11. The minimum atomic E-state index is -2.86. The fourth-order valence-electron chi connectivity index (χ4n) is 1.88. The number of ketones is 1. The lowest BCUT2D eigenvalue weighted by Gasteiger charge is -2.09. The second-order valence-corrected chi connectivity index (χ2v) is 4.59. The van der Waals surface area contributed by atoms with Crippen LogP contribution >= 0.6 is 11.6 Å². The highest BCUT2D eigenvalue weighted by molar-refractivity contribution is 6.31. The van der Waals surface area contributed by atoms with Crippen molar-refractivity contribution in [3.8, 4) is 16.9 Å². The van der Waals surface area contributed by atoms with Crippen molar-refractivity contribution in [2.75, 3.05) is 0 Å². The molecule has 0 spiro atoms. The number of ether oxygens (including phenoxy) is 1. The zero-order valence-corrected chi connectivity index (χ0v) is 11.3. The van der Waals surface area contributed by atoms with Gasteiger partial charge >= 0.3 is 6.61 Å². The average molecular weight is 297 g/mol. The summed E-state index contributed by atoms with van der Waals surface area (Å²) < 4.78 is 28.4. The van der Waals surface area contributed by atoms with E-state index in [1.165, 1.54) is 19.1 Å².